The molecule has 2 aromatic carbocycles. The van der Waals surface area contributed by atoms with Crippen LogP contribution in [0.15, 0.2) is 67.0 Å². The van der Waals surface area contributed by atoms with Crippen LogP contribution in [0.25, 0.3) is 16.9 Å². The minimum Gasteiger partial charge on any atom is -0.454 e. The molecule has 2 aromatic heterocycles. The summed E-state index contributed by atoms with van der Waals surface area (Å²) in [5.41, 5.74) is 5.04. The molecule has 0 bridgehead atoms. The number of rotatable bonds is 3. The largest absolute Gasteiger partial charge is 0.454 e. The highest BCUT2D eigenvalue weighted by atomic mass is 16.7. The summed E-state index contributed by atoms with van der Waals surface area (Å²) in [5, 5.41) is 2.93. The number of aryl methyl sites for hydroxylation is 1. The number of imidazole rings is 1. The van der Waals surface area contributed by atoms with Gasteiger partial charge in [0.2, 0.25) is 6.79 Å². The van der Waals surface area contributed by atoms with E-state index >= 15 is 0 Å². The van der Waals surface area contributed by atoms with Crippen LogP contribution in [0.4, 0.5) is 5.69 Å². The van der Waals surface area contributed by atoms with Gasteiger partial charge in [0.05, 0.1) is 5.69 Å². The third-order valence-electron chi connectivity index (χ3n) is 4.73. The summed E-state index contributed by atoms with van der Waals surface area (Å²) in [6, 6.07) is 16.8. The standard InChI is InChI=1S/C22H17N3O3/c1-14-4-3-9-25-12-18(24-21(14)25)15-5-2-6-17(10-15)23-22(26)16-7-8-19-20(11-16)28-13-27-19/h2-12H,13H2,1H3,(H,23,26). The van der Waals surface area contributed by atoms with Crippen molar-refractivity contribution in [3.63, 3.8) is 0 Å². The molecule has 0 radical (unpaired) electrons. The molecular weight excluding hydrogens is 354 g/mol. The molecule has 0 fully saturated rings. The van der Waals surface area contributed by atoms with E-state index in [1.165, 1.54) is 0 Å². The van der Waals surface area contributed by atoms with Crippen molar-refractivity contribution in [1.29, 1.82) is 0 Å². The number of amides is 1. The number of carbonyl (C=O) groups excluding carboxylic acids is 1. The third-order valence-corrected chi connectivity index (χ3v) is 4.73. The maximum Gasteiger partial charge on any atom is 0.255 e. The van der Waals surface area contributed by atoms with Gasteiger partial charge in [-0.1, -0.05) is 18.2 Å². The topological polar surface area (TPSA) is 64.9 Å². The second-order valence-electron chi connectivity index (χ2n) is 6.65. The first kappa shape index (κ1) is 16.4. The fourth-order valence-corrected chi connectivity index (χ4v) is 3.29. The number of pyridine rings is 1. The molecule has 1 aliphatic rings. The first-order valence-electron chi connectivity index (χ1n) is 8.93. The minimum absolute atomic E-state index is 0.181. The summed E-state index contributed by atoms with van der Waals surface area (Å²) < 4.78 is 12.6. The van der Waals surface area contributed by atoms with Gasteiger partial charge in [-0.3, -0.25) is 4.79 Å². The van der Waals surface area contributed by atoms with Crippen molar-refractivity contribution < 1.29 is 14.3 Å². The van der Waals surface area contributed by atoms with E-state index in [4.69, 9.17) is 14.5 Å². The molecule has 6 heteroatoms. The number of nitrogens with one attached hydrogen (secondary N) is 1. The van der Waals surface area contributed by atoms with E-state index in [1.54, 1.807) is 18.2 Å². The lowest BCUT2D eigenvalue weighted by Crippen LogP contribution is -2.11. The summed E-state index contributed by atoms with van der Waals surface area (Å²) in [5.74, 6) is 1.03. The lowest BCUT2D eigenvalue weighted by molar-refractivity contribution is 0.102. The number of benzene rings is 2. The molecule has 28 heavy (non-hydrogen) atoms. The summed E-state index contributed by atoms with van der Waals surface area (Å²) in [6.07, 6.45) is 3.96. The number of ether oxygens (including phenoxy) is 2. The Hall–Kier alpha value is -3.80. The van der Waals surface area contributed by atoms with Crippen LogP contribution in [0.5, 0.6) is 11.5 Å². The number of aromatic nitrogens is 2. The van der Waals surface area contributed by atoms with Crippen molar-refractivity contribution in [3.8, 4) is 22.8 Å². The highest BCUT2D eigenvalue weighted by Gasteiger charge is 2.16. The quantitative estimate of drug-likeness (QED) is 0.583. The Kier molecular flexibility index (Phi) is 3.76. The predicted octanol–water partition coefficient (Wildman–Crippen LogP) is 4.29. The van der Waals surface area contributed by atoms with Crippen molar-refractivity contribution >= 4 is 17.2 Å². The Balaban J connectivity index is 1.42. The Labute approximate surface area is 161 Å². The zero-order chi connectivity index (χ0) is 19.1. The van der Waals surface area contributed by atoms with Gasteiger partial charge in [0.25, 0.3) is 5.91 Å². The molecular formula is C22H17N3O3. The van der Waals surface area contributed by atoms with E-state index < -0.39 is 0 Å². The number of nitrogens with zero attached hydrogens (tertiary/aromatic N) is 2. The van der Waals surface area contributed by atoms with Crippen molar-refractivity contribution in [3.05, 3.63) is 78.1 Å². The van der Waals surface area contributed by atoms with Gasteiger partial charge in [-0.2, -0.15) is 0 Å². The second kappa shape index (κ2) is 6.42. The molecule has 6 nitrogen and oxygen atoms in total. The van der Waals surface area contributed by atoms with Crippen LogP contribution in [0.1, 0.15) is 15.9 Å². The zero-order valence-corrected chi connectivity index (χ0v) is 15.2. The lowest BCUT2D eigenvalue weighted by Gasteiger charge is -2.07. The van der Waals surface area contributed by atoms with Gasteiger partial charge in [0.15, 0.2) is 11.5 Å². The van der Waals surface area contributed by atoms with Crippen molar-refractivity contribution in [2.24, 2.45) is 0 Å². The van der Waals surface area contributed by atoms with E-state index in [-0.39, 0.29) is 12.7 Å². The number of hydrogen-bond acceptors (Lipinski definition) is 4. The van der Waals surface area contributed by atoms with Gasteiger partial charge in [0.1, 0.15) is 5.65 Å². The van der Waals surface area contributed by atoms with Crippen molar-refractivity contribution in [2.45, 2.75) is 6.92 Å². The van der Waals surface area contributed by atoms with Crippen LogP contribution in [-0.4, -0.2) is 22.1 Å². The molecule has 0 aliphatic carbocycles. The van der Waals surface area contributed by atoms with Crippen LogP contribution in [0.2, 0.25) is 0 Å². The van der Waals surface area contributed by atoms with Crippen molar-refractivity contribution in [1.82, 2.24) is 9.38 Å². The number of carbonyl (C=O) groups is 1. The van der Waals surface area contributed by atoms with E-state index in [1.807, 2.05) is 60.1 Å². The Morgan fingerprint density at radius 1 is 1.07 bits per heavy atom. The summed E-state index contributed by atoms with van der Waals surface area (Å²) in [6.45, 7) is 2.22. The average Bonchev–Trinajstić information content (AvgIpc) is 3.35. The van der Waals surface area contributed by atoms with Gasteiger partial charge in [0, 0.05) is 29.2 Å². The number of fused-ring (bicyclic) bond motifs is 2. The number of anilines is 1. The maximum absolute atomic E-state index is 12.6. The summed E-state index contributed by atoms with van der Waals surface area (Å²) in [7, 11) is 0. The first-order valence-corrected chi connectivity index (χ1v) is 8.93. The van der Waals surface area contributed by atoms with Gasteiger partial charge in [-0.15, -0.1) is 0 Å². The molecule has 3 heterocycles. The van der Waals surface area contributed by atoms with Gasteiger partial charge < -0.3 is 19.2 Å². The fourth-order valence-electron chi connectivity index (χ4n) is 3.29. The van der Waals surface area contributed by atoms with Crippen LogP contribution in [-0.2, 0) is 0 Å². The SMILES string of the molecule is Cc1cccn2cc(-c3cccc(NC(=O)c4ccc5c(c4)OCO5)c3)nc12. The second-order valence-corrected chi connectivity index (χ2v) is 6.65. The molecule has 1 amide bonds. The molecule has 0 atom stereocenters. The summed E-state index contributed by atoms with van der Waals surface area (Å²) in [4.78, 5) is 17.3. The molecule has 138 valence electrons. The Morgan fingerprint density at radius 3 is 2.86 bits per heavy atom. The van der Waals surface area contributed by atoms with Crippen LogP contribution < -0.4 is 14.8 Å². The van der Waals surface area contributed by atoms with Crippen LogP contribution >= 0.6 is 0 Å². The molecule has 0 saturated heterocycles. The Morgan fingerprint density at radius 2 is 1.96 bits per heavy atom. The van der Waals surface area contributed by atoms with Crippen molar-refractivity contribution in [2.75, 3.05) is 12.1 Å². The molecule has 0 saturated carbocycles. The van der Waals surface area contributed by atoms with Gasteiger partial charge in [-0.25, -0.2) is 4.98 Å². The molecule has 1 N–H and O–H groups in total. The summed E-state index contributed by atoms with van der Waals surface area (Å²) >= 11 is 0. The van der Waals surface area contributed by atoms with Gasteiger partial charge >= 0.3 is 0 Å². The Bertz CT molecular complexity index is 1210. The zero-order valence-electron chi connectivity index (χ0n) is 15.2. The van der Waals surface area contributed by atoms with Crippen LogP contribution in [0.3, 0.4) is 0 Å². The van der Waals surface area contributed by atoms with E-state index in [9.17, 15) is 4.79 Å². The van der Waals surface area contributed by atoms with Gasteiger partial charge in [-0.05, 0) is 48.9 Å². The lowest BCUT2D eigenvalue weighted by atomic mass is 10.1. The van der Waals surface area contributed by atoms with E-state index in [0.717, 1.165) is 22.5 Å². The minimum atomic E-state index is -0.207. The molecule has 5 rings (SSSR count). The maximum atomic E-state index is 12.6. The van der Waals surface area contributed by atoms with Crippen LogP contribution in [0, 0.1) is 6.92 Å². The highest BCUT2D eigenvalue weighted by Crippen LogP contribution is 2.32. The van der Waals surface area contributed by atoms with E-state index in [0.29, 0.717) is 22.7 Å². The predicted molar refractivity (Wildman–Crippen MR) is 106 cm³/mol. The average molecular weight is 371 g/mol. The molecule has 4 aromatic rings. The van der Waals surface area contributed by atoms with E-state index in [2.05, 4.69) is 5.32 Å². The monoisotopic (exact) mass is 371 g/mol. The normalized spacial score (nSPS) is 12.3. The molecule has 0 spiro atoms. The molecule has 0 unspecified atom stereocenters. The smallest absolute Gasteiger partial charge is 0.255 e. The highest BCUT2D eigenvalue weighted by molar-refractivity contribution is 6.05. The third kappa shape index (κ3) is 2.85. The molecule has 1 aliphatic heterocycles. The first-order chi connectivity index (χ1) is 13.7. The number of hydrogen-bond donors (Lipinski definition) is 1. The fraction of sp³-hybridized carbons (Fsp3) is 0.0909.